The van der Waals surface area contributed by atoms with E-state index in [1.54, 1.807) is 0 Å². The standard InChI is InChI=1S/C22H26N4/c1-3-9-18(10-4-1)15-24-16-25(19-11-5-2-6-12-19)17-26-21-14-8-7-13-20(21)23-22(24)26/h1,3-4,7-10,13-14,19H,2,5-6,11-12,15-17H2. The van der Waals surface area contributed by atoms with Crippen LogP contribution in [0.1, 0.15) is 37.7 Å². The molecule has 1 aromatic heterocycles. The Balaban J connectivity index is 1.52. The van der Waals surface area contributed by atoms with E-state index < -0.39 is 0 Å². The summed E-state index contributed by atoms with van der Waals surface area (Å²) >= 11 is 0. The highest BCUT2D eigenvalue weighted by Crippen LogP contribution is 2.32. The molecule has 0 saturated heterocycles. The van der Waals surface area contributed by atoms with E-state index in [2.05, 4.69) is 69.0 Å². The zero-order valence-corrected chi connectivity index (χ0v) is 15.2. The Hall–Kier alpha value is -2.33. The van der Waals surface area contributed by atoms with Gasteiger partial charge in [-0.1, -0.05) is 61.7 Å². The molecular weight excluding hydrogens is 320 g/mol. The fourth-order valence-electron chi connectivity index (χ4n) is 4.55. The molecule has 26 heavy (non-hydrogen) atoms. The van der Waals surface area contributed by atoms with E-state index in [1.807, 2.05) is 0 Å². The number of fused-ring (bicyclic) bond motifs is 3. The molecule has 5 rings (SSSR count). The predicted octanol–water partition coefficient (Wildman–Crippen LogP) is 4.61. The van der Waals surface area contributed by atoms with Gasteiger partial charge in [0, 0.05) is 12.6 Å². The summed E-state index contributed by atoms with van der Waals surface area (Å²) in [5, 5.41) is 0. The Labute approximate surface area is 155 Å². The van der Waals surface area contributed by atoms with Crippen molar-refractivity contribution >= 4 is 17.0 Å². The molecule has 0 atom stereocenters. The van der Waals surface area contributed by atoms with Crippen molar-refractivity contribution in [2.24, 2.45) is 0 Å². The molecule has 2 aromatic carbocycles. The van der Waals surface area contributed by atoms with Gasteiger partial charge in [0.1, 0.15) is 0 Å². The van der Waals surface area contributed by atoms with Crippen molar-refractivity contribution in [1.29, 1.82) is 0 Å². The van der Waals surface area contributed by atoms with Gasteiger partial charge in [0.2, 0.25) is 5.95 Å². The lowest BCUT2D eigenvalue weighted by Crippen LogP contribution is -2.49. The van der Waals surface area contributed by atoms with Gasteiger partial charge < -0.3 is 4.90 Å². The summed E-state index contributed by atoms with van der Waals surface area (Å²) in [7, 11) is 0. The van der Waals surface area contributed by atoms with Gasteiger partial charge in [-0.05, 0) is 30.5 Å². The number of nitrogens with zero attached hydrogens (tertiary/aromatic N) is 4. The van der Waals surface area contributed by atoms with E-state index in [1.165, 1.54) is 43.2 Å². The molecule has 1 aliphatic heterocycles. The van der Waals surface area contributed by atoms with Gasteiger partial charge in [-0.25, -0.2) is 4.98 Å². The van der Waals surface area contributed by atoms with Gasteiger partial charge in [0.25, 0.3) is 0 Å². The largest absolute Gasteiger partial charge is 0.325 e. The third-order valence-corrected chi connectivity index (χ3v) is 5.90. The summed E-state index contributed by atoms with van der Waals surface area (Å²) in [6.07, 6.45) is 6.81. The summed E-state index contributed by atoms with van der Waals surface area (Å²) in [5.74, 6) is 1.11. The van der Waals surface area contributed by atoms with Crippen LogP contribution in [0.5, 0.6) is 0 Å². The van der Waals surface area contributed by atoms with E-state index in [0.717, 1.165) is 31.3 Å². The highest BCUT2D eigenvalue weighted by molar-refractivity contribution is 5.79. The van der Waals surface area contributed by atoms with E-state index in [4.69, 9.17) is 4.98 Å². The van der Waals surface area contributed by atoms with Crippen LogP contribution in [0.25, 0.3) is 11.0 Å². The van der Waals surface area contributed by atoms with E-state index in [0.29, 0.717) is 6.04 Å². The zero-order chi connectivity index (χ0) is 17.3. The fraction of sp³-hybridized carbons (Fsp3) is 0.409. The minimum absolute atomic E-state index is 0.705. The Bertz CT molecular complexity index is 880. The maximum absolute atomic E-state index is 4.97. The first-order valence-corrected chi connectivity index (χ1v) is 9.87. The van der Waals surface area contributed by atoms with Gasteiger partial charge in [-0.2, -0.15) is 0 Å². The molecule has 2 aliphatic rings. The minimum Gasteiger partial charge on any atom is -0.325 e. The van der Waals surface area contributed by atoms with Crippen molar-refractivity contribution in [3.8, 4) is 0 Å². The van der Waals surface area contributed by atoms with E-state index in [-0.39, 0.29) is 0 Å². The summed E-state index contributed by atoms with van der Waals surface area (Å²) in [6.45, 7) is 2.85. The lowest BCUT2D eigenvalue weighted by molar-refractivity contribution is 0.107. The highest BCUT2D eigenvalue weighted by Gasteiger charge is 2.30. The van der Waals surface area contributed by atoms with Crippen molar-refractivity contribution in [3.05, 3.63) is 60.2 Å². The molecule has 0 amide bonds. The SMILES string of the molecule is c1ccc(CN2CN(C3CCCCC3)Cn3c2nc2ccccc23)cc1. The molecule has 0 spiro atoms. The van der Waals surface area contributed by atoms with E-state index >= 15 is 0 Å². The number of rotatable bonds is 3. The Morgan fingerprint density at radius 2 is 1.62 bits per heavy atom. The molecule has 4 nitrogen and oxygen atoms in total. The zero-order valence-electron chi connectivity index (χ0n) is 15.2. The van der Waals surface area contributed by atoms with Crippen LogP contribution < -0.4 is 4.90 Å². The molecule has 0 bridgehead atoms. The van der Waals surface area contributed by atoms with Crippen LogP contribution in [-0.2, 0) is 13.2 Å². The maximum Gasteiger partial charge on any atom is 0.209 e. The smallest absolute Gasteiger partial charge is 0.209 e. The number of imidazole rings is 1. The van der Waals surface area contributed by atoms with Gasteiger partial charge in [0.05, 0.1) is 24.4 Å². The summed E-state index contributed by atoms with van der Waals surface area (Å²) in [5.41, 5.74) is 3.70. The maximum atomic E-state index is 4.97. The Morgan fingerprint density at radius 1 is 0.846 bits per heavy atom. The first-order valence-electron chi connectivity index (χ1n) is 9.87. The number of benzene rings is 2. The summed E-state index contributed by atoms with van der Waals surface area (Å²) < 4.78 is 2.41. The van der Waals surface area contributed by atoms with Crippen molar-refractivity contribution < 1.29 is 0 Å². The third kappa shape index (κ3) is 2.88. The average molecular weight is 346 g/mol. The second-order valence-corrected chi connectivity index (χ2v) is 7.68. The molecule has 0 radical (unpaired) electrons. The lowest BCUT2D eigenvalue weighted by Gasteiger charge is -2.42. The van der Waals surface area contributed by atoms with Crippen LogP contribution in [0, 0.1) is 0 Å². The number of hydrogen-bond donors (Lipinski definition) is 0. The van der Waals surface area contributed by atoms with Crippen LogP contribution >= 0.6 is 0 Å². The second kappa shape index (κ2) is 6.76. The van der Waals surface area contributed by atoms with Crippen LogP contribution in [0.2, 0.25) is 0 Å². The predicted molar refractivity (Wildman–Crippen MR) is 106 cm³/mol. The molecule has 3 aromatic rings. The van der Waals surface area contributed by atoms with Crippen LogP contribution in [0.15, 0.2) is 54.6 Å². The monoisotopic (exact) mass is 346 g/mol. The number of anilines is 1. The Kier molecular flexibility index (Phi) is 4.13. The third-order valence-electron chi connectivity index (χ3n) is 5.90. The number of aromatic nitrogens is 2. The average Bonchev–Trinajstić information content (AvgIpc) is 3.09. The first-order chi connectivity index (χ1) is 12.9. The van der Waals surface area contributed by atoms with E-state index in [9.17, 15) is 0 Å². The van der Waals surface area contributed by atoms with Gasteiger partial charge in [-0.3, -0.25) is 9.47 Å². The fourth-order valence-corrected chi connectivity index (χ4v) is 4.55. The molecule has 0 unspecified atom stereocenters. The molecule has 134 valence electrons. The molecule has 1 fully saturated rings. The van der Waals surface area contributed by atoms with Crippen molar-refractivity contribution in [3.63, 3.8) is 0 Å². The second-order valence-electron chi connectivity index (χ2n) is 7.68. The normalized spacial score (nSPS) is 19.0. The van der Waals surface area contributed by atoms with Crippen LogP contribution in [0.4, 0.5) is 5.95 Å². The van der Waals surface area contributed by atoms with Crippen molar-refractivity contribution in [1.82, 2.24) is 14.5 Å². The van der Waals surface area contributed by atoms with Crippen LogP contribution in [0.3, 0.4) is 0 Å². The molecule has 2 heterocycles. The number of para-hydroxylation sites is 2. The minimum atomic E-state index is 0.705. The molecule has 1 saturated carbocycles. The topological polar surface area (TPSA) is 24.3 Å². The summed E-state index contributed by atoms with van der Waals surface area (Å²) in [4.78, 5) is 10.1. The number of hydrogen-bond acceptors (Lipinski definition) is 3. The molecular formula is C22H26N4. The van der Waals surface area contributed by atoms with Gasteiger partial charge in [-0.15, -0.1) is 0 Å². The lowest BCUT2D eigenvalue weighted by atomic mass is 9.94. The quantitative estimate of drug-likeness (QED) is 0.692. The van der Waals surface area contributed by atoms with Gasteiger partial charge in [0.15, 0.2) is 0 Å². The van der Waals surface area contributed by atoms with Crippen molar-refractivity contribution in [2.75, 3.05) is 11.6 Å². The Morgan fingerprint density at radius 3 is 2.46 bits per heavy atom. The molecule has 0 N–H and O–H groups in total. The highest BCUT2D eigenvalue weighted by atomic mass is 15.5. The summed E-state index contributed by atoms with van der Waals surface area (Å²) in [6, 6.07) is 20.0. The molecule has 4 heteroatoms. The first kappa shape index (κ1) is 15.9. The van der Waals surface area contributed by atoms with Crippen molar-refractivity contribution in [2.45, 2.75) is 51.4 Å². The van der Waals surface area contributed by atoms with Gasteiger partial charge >= 0.3 is 0 Å². The molecule has 1 aliphatic carbocycles. The van der Waals surface area contributed by atoms with Crippen LogP contribution in [-0.4, -0.2) is 27.2 Å².